The fourth-order valence-electron chi connectivity index (χ4n) is 3.28. The molecule has 1 amide bonds. The second-order valence-electron chi connectivity index (χ2n) is 6.98. The third-order valence-electron chi connectivity index (χ3n) is 4.74. The van der Waals surface area contributed by atoms with Gasteiger partial charge in [0.2, 0.25) is 15.8 Å². The van der Waals surface area contributed by atoms with Gasteiger partial charge in [0.1, 0.15) is 16.8 Å². The van der Waals surface area contributed by atoms with Gasteiger partial charge in [0.25, 0.3) is 5.91 Å². The first-order valence-corrected chi connectivity index (χ1v) is 11.6. The summed E-state index contributed by atoms with van der Waals surface area (Å²) in [6.07, 6.45) is 3.81. The summed E-state index contributed by atoms with van der Waals surface area (Å²) in [5.74, 6) is -1.06. The van der Waals surface area contributed by atoms with E-state index in [-0.39, 0.29) is 28.7 Å². The predicted octanol–water partition coefficient (Wildman–Crippen LogP) is 2.58. The molecule has 172 valence electrons. The Morgan fingerprint density at radius 2 is 1.94 bits per heavy atom. The summed E-state index contributed by atoms with van der Waals surface area (Å²) in [6, 6.07) is 7.13. The van der Waals surface area contributed by atoms with E-state index in [0.717, 1.165) is 19.3 Å². The molecule has 0 saturated carbocycles. The zero-order valence-corrected chi connectivity index (χ0v) is 18.3. The number of sulfonamides is 1. The number of carbonyl (C=O) groups excluding carboxylic acids is 1. The lowest BCUT2D eigenvalue weighted by atomic mass is 10.2. The standard InChI is InChI=1S/C20H24N4O7S/c1-2-30-16-9-8-15(13-18(16)32(28,29)23-11-4-3-5-12-23)22-19(25)14-31-17-7-6-10-21-20(17)24(26)27/h6-10,13H,2-5,11-12,14H2,1H3,(H,22,25). The van der Waals surface area contributed by atoms with E-state index in [1.165, 1.54) is 40.8 Å². The summed E-state index contributed by atoms with van der Waals surface area (Å²) in [5, 5.41) is 13.5. The minimum Gasteiger partial charge on any atom is -0.492 e. The Kier molecular flexibility index (Phi) is 7.59. The van der Waals surface area contributed by atoms with Crippen LogP contribution in [-0.2, 0) is 14.8 Å². The van der Waals surface area contributed by atoms with E-state index in [0.29, 0.717) is 13.1 Å². The van der Waals surface area contributed by atoms with E-state index in [2.05, 4.69) is 10.3 Å². The van der Waals surface area contributed by atoms with E-state index < -0.39 is 33.3 Å². The van der Waals surface area contributed by atoms with Gasteiger partial charge in [-0.1, -0.05) is 6.42 Å². The molecule has 0 aliphatic carbocycles. The minimum atomic E-state index is -3.80. The molecule has 32 heavy (non-hydrogen) atoms. The van der Waals surface area contributed by atoms with Crippen molar-refractivity contribution < 1.29 is 27.6 Å². The predicted molar refractivity (Wildman–Crippen MR) is 115 cm³/mol. The summed E-state index contributed by atoms with van der Waals surface area (Å²) >= 11 is 0. The van der Waals surface area contributed by atoms with Gasteiger partial charge < -0.3 is 24.9 Å². The molecule has 1 aliphatic heterocycles. The quantitative estimate of drug-likeness (QED) is 0.441. The fraction of sp³-hybridized carbons (Fsp3) is 0.400. The SMILES string of the molecule is CCOc1ccc(NC(=O)COc2cccnc2[N+](=O)[O-])cc1S(=O)(=O)N1CCCCC1. The molecule has 1 aromatic carbocycles. The maximum absolute atomic E-state index is 13.2. The average molecular weight is 465 g/mol. The summed E-state index contributed by atoms with van der Waals surface area (Å²) in [4.78, 5) is 26.2. The van der Waals surface area contributed by atoms with Crippen molar-refractivity contribution in [3.63, 3.8) is 0 Å². The number of amides is 1. The van der Waals surface area contributed by atoms with Crippen LogP contribution in [0.2, 0.25) is 0 Å². The largest absolute Gasteiger partial charge is 0.492 e. The highest BCUT2D eigenvalue weighted by Gasteiger charge is 2.29. The highest BCUT2D eigenvalue weighted by atomic mass is 32.2. The zero-order chi connectivity index (χ0) is 23.1. The van der Waals surface area contributed by atoms with Crippen molar-refractivity contribution in [3.05, 3.63) is 46.6 Å². The summed E-state index contributed by atoms with van der Waals surface area (Å²) in [7, 11) is -3.80. The van der Waals surface area contributed by atoms with Crippen molar-refractivity contribution in [1.29, 1.82) is 0 Å². The number of anilines is 1. The molecule has 11 nitrogen and oxygen atoms in total. The molecule has 0 spiro atoms. The number of hydrogen-bond acceptors (Lipinski definition) is 8. The van der Waals surface area contributed by atoms with Gasteiger partial charge in [-0.2, -0.15) is 4.31 Å². The van der Waals surface area contributed by atoms with Crippen molar-refractivity contribution in [2.75, 3.05) is 31.6 Å². The van der Waals surface area contributed by atoms with Crippen LogP contribution in [0.5, 0.6) is 11.5 Å². The second kappa shape index (κ2) is 10.4. The van der Waals surface area contributed by atoms with Crippen molar-refractivity contribution in [2.45, 2.75) is 31.1 Å². The highest BCUT2D eigenvalue weighted by molar-refractivity contribution is 7.89. The fourth-order valence-corrected chi connectivity index (χ4v) is 4.95. The average Bonchev–Trinajstić information content (AvgIpc) is 2.79. The number of ether oxygens (including phenoxy) is 2. The normalized spacial score (nSPS) is 14.5. The van der Waals surface area contributed by atoms with E-state index in [1.54, 1.807) is 6.92 Å². The van der Waals surface area contributed by atoms with Gasteiger partial charge in [0.15, 0.2) is 6.61 Å². The number of rotatable bonds is 9. The molecule has 1 saturated heterocycles. The van der Waals surface area contributed by atoms with E-state index >= 15 is 0 Å². The molecule has 0 atom stereocenters. The molecule has 1 N–H and O–H groups in total. The van der Waals surface area contributed by atoms with E-state index in [4.69, 9.17) is 9.47 Å². The monoisotopic (exact) mass is 464 g/mol. The third kappa shape index (κ3) is 5.51. The first kappa shape index (κ1) is 23.4. The molecular weight excluding hydrogens is 440 g/mol. The Hall–Kier alpha value is -3.25. The summed E-state index contributed by atoms with van der Waals surface area (Å²) < 4.78 is 38.5. The number of nitro groups is 1. The van der Waals surface area contributed by atoms with Gasteiger partial charge in [0, 0.05) is 18.8 Å². The van der Waals surface area contributed by atoms with Gasteiger partial charge in [-0.3, -0.25) is 4.79 Å². The number of carbonyl (C=O) groups is 1. The van der Waals surface area contributed by atoms with Crippen LogP contribution in [-0.4, -0.2) is 54.8 Å². The molecular formula is C20H24N4O7S. The first-order valence-electron chi connectivity index (χ1n) is 10.1. The van der Waals surface area contributed by atoms with Crippen molar-refractivity contribution in [2.24, 2.45) is 0 Å². The van der Waals surface area contributed by atoms with Gasteiger partial charge >= 0.3 is 5.82 Å². The van der Waals surface area contributed by atoms with Crippen LogP contribution >= 0.6 is 0 Å². The van der Waals surface area contributed by atoms with Crippen LogP contribution in [0.1, 0.15) is 26.2 Å². The number of piperidine rings is 1. The summed E-state index contributed by atoms with van der Waals surface area (Å²) in [5.41, 5.74) is 0.235. The Balaban J connectivity index is 1.76. The maximum atomic E-state index is 13.2. The van der Waals surface area contributed by atoms with Crippen LogP contribution in [0.3, 0.4) is 0 Å². The maximum Gasteiger partial charge on any atom is 0.406 e. The number of nitrogens with zero attached hydrogens (tertiary/aromatic N) is 3. The smallest absolute Gasteiger partial charge is 0.406 e. The molecule has 1 aliphatic rings. The lowest BCUT2D eigenvalue weighted by Gasteiger charge is -2.27. The number of pyridine rings is 1. The van der Waals surface area contributed by atoms with Crippen LogP contribution in [0, 0.1) is 10.1 Å². The van der Waals surface area contributed by atoms with Crippen molar-refractivity contribution >= 4 is 27.4 Å². The van der Waals surface area contributed by atoms with Crippen LogP contribution in [0.25, 0.3) is 0 Å². The van der Waals surface area contributed by atoms with Gasteiger partial charge in [0.05, 0.1) is 6.61 Å². The molecule has 3 rings (SSSR count). The van der Waals surface area contributed by atoms with E-state index in [1.807, 2.05) is 0 Å². The summed E-state index contributed by atoms with van der Waals surface area (Å²) in [6.45, 7) is 2.38. The lowest BCUT2D eigenvalue weighted by molar-refractivity contribution is -0.390. The van der Waals surface area contributed by atoms with Crippen molar-refractivity contribution in [1.82, 2.24) is 9.29 Å². The third-order valence-corrected chi connectivity index (χ3v) is 6.66. The molecule has 0 unspecified atom stereocenters. The molecule has 12 heteroatoms. The van der Waals surface area contributed by atoms with Gasteiger partial charge in [-0.25, -0.2) is 8.42 Å². The van der Waals surface area contributed by atoms with Crippen LogP contribution in [0.4, 0.5) is 11.5 Å². The Labute approximate surface area is 185 Å². The zero-order valence-electron chi connectivity index (χ0n) is 17.5. The molecule has 2 aromatic rings. The van der Waals surface area contributed by atoms with E-state index in [9.17, 15) is 23.3 Å². The van der Waals surface area contributed by atoms with Crippen molar-refractivity contribution in [3.8, 4) is 11.5 Å². The molecule has 1 aromatic heterocycles. The number of aromatic nitrogens is 1. The second-order valence-corrected chi connectivity index (χ2v) is 8.88. The number of benzene rings is 1. The molecule has 1 fully saturated rings. The molecule has 2 heterocycles. The Morgan fingerprint density at radius 1 is 1.19 bits per heavy atom. The number of hydrogen-bond donors (Lipinski definition) is 1. The first-order chi connectivity index (χ1) is 15.3. The minimum absolute atomic E-state index is 0.0251. The highest BCUT2D eigenvalue weighted by Crippen LogP contribution is 2.31. The topological polar surface area (TPSA) is 141 Å². The van der Waals surface area contributed by atoms with Gasteiger partial charge in [-0.05, 0) is 60.0 Å². The van der Waals surface area contributed by atoms with Crippen LogP contribution in [0.15, 0.2) is 41.4 Å². The van der Waals surface area contributed by atoms with Crippen LogP contribution < -0.4 is 14.8 Å². The van der Waals surface area contributed by atoms with Gasteiger partial charge in [-0.15, -0.1) is 0 Å². The molecule has 0 radical (unpaired) electrons. The molecule has 0 bridgehead atoms. The lowest BCUT2D eigenvalue weighted by Crippen LogP contribution is -2.35. The number of nitrogens with one attached hydrogen (secondary N) is 1. The Bertz CT molecular complexity index is 1090. The Morgan fingerprint density at radius 3 is 2.62 bits per heavy atom.